The van der Waals surface area contributed by atoms with Crippen LogP contribution in [0.25, 0.3) is 22.6 Å². The SMILES string of the molecule is Cc1ccc(C(=O)NC(=S)Nc2ccc3oc(-c4cc(F)c(F)cc4Cl)nc3c2)c(Cl)c1. The molecule has 4 rings (SSSR count). The Kier molecular flexibility index (Phi) is 6.10. The van der Waals surface area contributed by atoms with E-state index in [0.29, 0.717) is 27.4 Å². The first-order chi connectivity index (χ1) is 15.2. The van der Waals surface area contributed by atoms with E-state index in [1.807, 2.05) is 6.92 Å². The summed E-state index contributed by atoms with van der Waals surface area (Å²) in [5.74, 6) is -2.55. The third kappa shape index (κ3) is 4.57. The average Bonchev–Trinajstić information content (AvgIpc) is 3.13. The second-order valence-electron chi connectivity index (χ2n) is 6.84. The highest BCUT2D eigenvalue weighted by molar-refractivity contribution is 7.80. The molecule has 0 bridgehead atoms. The number of carbonyl (C=O) groups is 1. The molecule has 0 unspecified atom stereocenters. The van der Waals surface area contributed by atoms with Crippen molar-refractivity contribution in [1.82, 2.24) is 10.3 Å². The third-order valence-electron chi connectivity index (χ3n) is 4.48. The summed E-state index contributed by atoms with van der Waals surface area (Å²) in [6.07, 6.45) is 0. The van der Waals surface area contributed by atoms with Crippen molar-refractivity contribution in [3.8, 4) is 11.5 Å². The van der Waals surface area contributed by atoms with Crippen molar-refractivity contribution in [3.05, 3.63) is 81.3 Å². The Morgan fingerprint density at radius 3 is 2.53 bits per heavy atom. The van der Waals surface area contributed by atoms with E-state index in [1.54, 1.807) is 36.4 Å². The fourth-order valence-corrected chi connectivity index (χ4v) is 3.71. The van der Waals surface area contributed by atoms with Crippen LogP contribution in [0.2, 0.25) is 10.0 Å². The number of anilines is 1. The molecule has 0 radical (unpaired) electrons. The number of carbonyl (C=O) groups excluding carboxylic acids is 1. The molecule has 0 aliphatic heterocycles. The van der Waals surface area contributed by atoms with E-state index < -0.39 is 17.5 Å². The Hall–Kier alpha value is -3.07. The first-order valence-electron chi connectivity index (χ1n) is 9.15. The predicted molar refractivity (Wildman–Crippen MR) is 124 cm³/mol. The van der Waals surface area contributed by atoms with Crippen LogP contribution in [0, 0.1) is 18.6 Å². The maximum atomic E-state index is 13.6. The number of nitrogens with zero attached hydrogens (tertiary/aromatic N) is 1. The van der Waals surface area contributed by atoms with Gasteiger partial charge in [-0.05, 0) is 67.2 Å². The van der Waals surface area contributed by atoms with Crippen LogP contribution in [-0.4, -0.2) is 16.0 Å². The van der Waals surface area contributed by atoms with Gasteiger partial charge in [-0.2, -0.15) is 0 Å². The van der Waals surface area contributed by atoms with Gasteiger partial charge in [0.2, 0.25) is 5.89 Å². The number of nitrogens with one attached hydrogen (secondary N) is 2. The van der Waals surface area contributed by atoms with Gasteiger partial charge >= 0.3 is 0 Å². The predicted octanol–water partition coefficient (Wildman–Crippen LogP) is 6.52. The van der Waals surface area contributed by atoms with Crippen molar-refractivity contribution >= 4 is 63.2 Å². The normalized spacial score (nSPS) is 10.9. The summed E-state index contributed by atoms with van der Waals surface area (Å²) in [4.78, 5) is 16.7. The molecule has 10 heteroatoms. The molecule has 0 aliphatic rings. The molecule has 0 spiro atoms. The van der Waals surface area contributed by atoms with Crippen molar-refractivity contribution in [3.63, 3.8) is 0 Å². The maximum Gasteiger partial charge on any atom is 0.258 e. The average molecular weight is 492 g/mol. The number of hydrogen-bond donors (Lipinski definition) is 2. The van der Waals surface area contributed by atoms with Crippen LogP contribution >= 0.6 is 35.4 Å². The lowest BCUT2D eigenvalue weighted by Gasteiger charge is -2.10. The van der Waals surface area contributed by atoms with E-state index in [1.165, 1.54) is 0 Å². The highest BCUT2D eigenvalue weighted by atomic mass is 35.5. The lowest BCUT2D eigenvalue weighted by Crippen LogP contribution is -2.34. The van der Waals surface area contributed by atoms with Gasteiger partial charge in [-0.3, -0.25) is 10.1 Å². The van der Waals surface area contributed by atoms with E-state index in [4.69, 9.17) is 39.8 Å². The summed E-state index contributed by atoms with van der Waals surface area (Å²) < 4.78 is 32.5. The number of halogens is 4. The number of thiocarbonyl (C=S) groups is 1. The van der Waals surface area contributed by atoms with Gasteiger partial charge in [0.1, 0.15) is 5.52 Å². The second kappa shape index (κ2) is 8.82. The molecule has 0 atom stereocenters. The van der Waals surface area contributed by atoms with E-state index >= 15 is 0 Å². The zero-order chi connectivity index (χ0) is 23.0. The molecule has 0 fully saturated rings. The zero-order valence-electron chi connectivity index (χ0n) is 16.3. The number of fused-ring (bicyclic) bond motifs is 1. The van der Waals surface area contributed by atoms with Gasteiger partial charge < -0.3 is 9.73 Å². The molecule has 0 saturated carbocycles. The number of benzene rings is 3. The van der Waals surface area contributed by atoms with E-state index in [0.717, 1.165) is 17.7 Å². The van der Waals surface area contributed by atoms with Gasteiger partial charge in [-0.25, -0.2) is 13.8 Å². The molecule has 2 N–H and O–H groups in total. The summed E-state index contributed by atoms with van der Waals surface area (Å²) >= 11 is 17.3. The Morgan fingerprint density at radius 2 is 1.78 bits per heavy atom. The summed E-state index contributed by atoms with van der Waals surface area (Å²) in [7, 11) is 0. The molecule has 1 heterocycles. The lowest BCUT2D eigenvalue weighted by molar-refractivity contribution is 0.0978. The first kappa shape index (κ1) is 22.1. The van der Waals surface area contributed by atoms with Crippen LogP contribution in [0.5, 0.6) is 0 Å². The van der Waals surface area contributed by atoms with Crippen molar-refractivity contribution in [2.45, 2.75) is 6.92 Å². The number of aryl methyl sites for hydroxylation is 1. The molecule has 4 aromatic rings. The topological polar surface area (TPSA) is 67.2 Å². The van der Waals surface area contributed by atoms with Crippen LogP contribution in [-0.2, 0) is 0 Å². The summed E-state index contributed by atoms with van der Waals surface area (Å²) in [6, 6.07) is 11.7. The van der Waals surface area contributed by atoms with Crippen LogP contribution in [0.15, 0.2) is 52.9 Å². The minimum atomic E-state index is -1.07. The number of rotatable bonds is 3. The molecule has 1 aromatic heterocycles. The molecule has 0 aliphatic carbocycles. The summed E-state index contributed by atoms with van der Waals surface area (Å²) in [6.45, 7) is 1.87. The lowest BCUT2D eigenvalue weighted by atomic mass is 10.1. The van der Waals surface area contributed by atoms with Crippen molar-refractivity contribution < 1.29 is 18.0 Å². The molecule has 3 aromatic carbocycles. The minimum Gasteiger partial charge on any atom is -0.436 e. The Labute approximate surface area is 196 Å². The molecule has 5 nitrogen and oxygen atoms in total. The number of amides is 1. The van der Waals surface area contributed by atoms with E-state index in [2.05, 4.69) is 15.6 Å². The van der Waals surface area contributed by atoms with Gasteiger partial charge in [-0.15, -0.1) is 0 Å². The van der Waals surface area contributed by atoms with Crippen molar-refractivity contribution in [2.75, 3.05) is 5.32 Å². The summed E-state index contributed by atoms with van der Waals surface area (Å²) in [5.41, 5.74) is 2.68. The van der Waals surface area contributed by atoms with Crippen molar-refractivity contribution in [2.24, 2.45) is 0 Å². The standard InChI is InChI=1S/C22H13Cl2F2N3O2S/c1-10-2-4-12(14(23)6-10)20(30)29-22(32)27-11-3-5-19-18(7-11)28-21(31-19)13-8-16(25)17(26)9-15(13)24/h2-9H,1H3,(H2,27,29,30,32). The largest absolute Gasteiger partial charge is 0.436 e. The molecule has 32 heavy (non-hydrogen) atoms. The first-order valence-corrected chi connectivity index (χ1v) is 10.3. The highest BCUT2D eigenvalue weighted by Crippen LogP contribution is 2.32. The fraction of sp³-hybridized carbons (Fsp3) is 0.0455. The Morgan fingerprint density at radius 1 is 1.03 bits per heavy atom. The Balaban J connectivity index is 1.52. The monoisotopic (exact) mass is 491 g/mol. The number of hydrogen-bond acceptors (Lipinski definition) is 4. The second-order valence-corrected chi connectivity index (χ2v) is 8.06. The van der Waals surface area contributed by atoms with E-state index in [-0.39, 0.29) is 21.6 Å². The maximum absolute atomic E-state index is 13.6. The molecular weight excluding hydrogens is 479 g/mol. The van der Waals surface area contributed by atoms with Gasteiger partial charge in [-0.1, -0.05) is 29.3 Å². The highest BCUT2D eigenvalue weighted by Gasteiger charge is 2.16. The number of aromatic nitrogens is 1. The van der Waals surface area contributed by atoms with Gasteiger partial charge in [0.15, 0.2) is 22.3 Å². The quantitative estimate of drug-likeness (QED) is 0.252. The van der Waals surface area contributed by atoms with Crippen LogP contribution in [0.3, 0.4) is 0 Å². The smallest absolute Gasteiger partial charge is 0.258 e. The zero-order valence-corrected chi connectivity index (χ0v) is 18.6. The molecule has 0 saturated heterocycles. The molecule has 162 valence electrons. The minimum absolute atomic E-state index is 0.0333. The van der Waals surface area contributed by atoms with Gasteiger partial charge in [0, 0.05) is 5.69 Å². The fourth-order valence-electron chi connectivity index (χ4n) is 2.94. The van der Waals surface area contributed by atoms with Gasteiger partial charge in [0.05, 0.1) is 21.2 Å². The van der Waals surface area contributed by atoms with E-state index in [9.17, 15) is 13.6 Å². The molecule has 1 amide bonds. The summed E-state index contributed by atoms with van der Waals surface area (Å²) in [5, 5.41) is 5.78. The molecular formula is C22H13Cl2F2N3O2S. The number of oxazole rings is 1. The van der Waals surface area contributed by atoms with Crippen LogP contribution in [0.4, 0.5) is 14.5 Å². The van der Waals surface area contributed by atoms with Crippen LogP contribution < -0.4 is 10.6 Å². The third-order valence-corrected chi connectivity index (χ3v) is 5.31. The Bertz CT molecular complexity index is 1390. The van der Waals surface area contributed by atoms with Crippen molar-refractivity contribution in [1.29, 1.82) is 0 Å². The van der Waals surface area contributed by atoms with Crippen LogP contribution in [0.1, 0.15) is 15.9 Å². The van der Waals surface area contributed by atoms with Gasteiger partial charge in [0.25, 0.3) is 5.91 Å².